The molecule has 1 N–H and O–H groups in total. The quantitative estimate of drug-likeness (QED) is 0.461. The highest BCUT2D eigenvalue weighted by atomic mass is 16.6. The zero-order chi connectivity index (χ0) is 18.6. The molecule has 10 nitrogen and oxygen atoms in total. The SMILES string of the molecule is CCOc1ccc(C(=O)O[C@H](C)C(=O)N2CCNC2=O)cc1[N+](=O)[O-]. The number of rotatable bonds is 6. The van der Waals surface area contributed by atoms with Gasteiger partial charge in [0, 0.05) is 19.2 Å². The van der Waals surface area contributed by atoms with Crippen LogP contribution in [-0.4, -0.2) is 53.5 Å². The fourth-order valence-electron chi connectivity index (χ4n) is 2.24. The Labute approximate surface area is 142 Å². The van der Waals surface area contributed by atoms with E-state index >= 15 is 0 Å². The second-order valence-electron chi connectivity index (χ2n) is 5.14. The molecule has 1 aromatic carbocycles. The van der Waals surface area contributed by atoms with Crippen LogP contribution in [0.4, 0.5) is 10.5 Å². The summed E-state index contributed by atoms with van der Waals surface area (Å²) in [5.41, 5.74) is -0.477. The molecule has 1 atom stereocenters. The van der Waals surface area contributed by atoms with Gasteiger partial charge in [0.15, 0.2) is 11.9 Å². The Bertz CT molecular complexity index is 719. The summed E-state index contributed by atoms with van der Waals surface area (Å²) in [4.78, 5) is 47.0. The largest absolute Gasteiger partial charge is 0.487 e. The van der Waals surface area contributed by atoms with Gasteiger partial charge in [-0.2, -0.15) is 0 Å². The van der Waals surface area contributed by atoms with Gasteiger partial charge in [-0.1, -0.05) is 0 Å². The minimum atomic E-state index is -1.21. The molecule has 1 saturated heterocycles. The highest BCUT2D eigenvalue weighted by molar-refractivity contribution is 5.99. The van der Waals surface area contributed by atoms with Crippen molar-refractivity contribution in [3.8, 4) is 5.75 Å². The third-order valence-corrected chi connectivity index (χ3v) is 3.45. The second-order valence-corrected chi connectivity index (χ2v) is 5.14. The number of imide groups is 1. The van der Waals surface area contributed by atoms with E-state index in [0.717, 1.165) is 11.0 Å². The van der Waals surface area contributed by atoms with Crippen LogP contribution in [0.2, 0.25) is 0 Å². The van der Waals surface area contributed by atoms with E-state index in [2.05, 4.69) is 5.32 Å². The van der Waals surface area contributed by atoms with Crippen molar-refractivity contribution in [2.75, 3.05) is 19.7 Å². The van der Waals surface area contributed by atoms with Gasteiger partial charge in [0.1, 0.15) is 0 Å². The van der Waals surface area contributed by atoms with Gasteiger partial charge in [0.2, 0.25) is 0 Å². The van der Waals surface area contributed by atoms with E-state index in [-0.39, 0.29) is 30.2 Å². The number of hydrogen-bond acceptors (Lipinski definition) is 7. The lowest BCUT2D eigenvalue weighted by molar-refractivity contribution is -0.385. The number of nitrogens with one attached hydrogen (secondary N) is 1. The number of nitrogens with zero attached hydrogens (tertiary/aromatic N) is 2. The number of ether oxygens (including phenoxy) is 2. The standard InChI is InChI=1S/C15H17N3O7/c1-3-24-12-5-4-10(8-11(12)18(22)23)14(20)25-9(2)13(19)17-7-6-16-15(17)21/h4-5,8-9H,3,6-7H2,1-2H3,(H,16,21)/t9-/m1/s1. The van der Waals surface area contributed by atoms with Crippen LogP contribution in [0.15, 0.2) is 18.2 Å². The van der Waals surface area contributed by atoms with Crippen LogP contribution in [-0.2, 0) is 9.53 Å². The van der Waals surface area contributed by atoms with Crippen LogP contribution in [0, 0.1) is 10.1 Å². The predicted octanol–water partition coefficient (Wildman–Crippen LogP) is 1.09. The first-order valence-corrected chi connectivity index (χ1v) is 7.56. The first kappa shape index (κ1) is 18.2. The molecule has 0 bridgehead atoms. The van der Waals surface area contributed by atoms with Gasteiger partial charge < -0.3 is 14.8 Å². The van der Waals surface area contributed by atoms with Gasteiger partial charge in [-0.25, -0.2) is 9.59 Å². The summed E-state index contributed by atoms with van der Waals surface area (Å²) in [6.07, 6.45) is -1.21. The Morgan fingerprint density at radius 1 is 1.44 bits per heavy atom. The third kappa shape index (κ3) is 4.03. The van der Waals surface area contributed by atoms with Crippen LogP contribution in [0.3, 0.4) is 0 Å². The van der Waals surface area contributed by atoms with Crippen molar-refractivity contribution < 1.29 is 28.8 Å². The average molecular weight is 351 g/mol. The van der Waals surface area contributed by atoms with Gasteiger partial charge >= 0.3 is 17.7 Å². The smallest absolute Gasteiger partial charge is 0.339 e. The van der Waals surface area contributed by atoms with Gasteiger partial charge in [-0.3, -0.25) is 19.8 Å². The number of hydrogen-bond donors (Lipinski definition) is 1. The molecule has 1 heterocycles. The van der Waals surface area contributed by atoms with Crippen molar-refractivity contribution >= 4 is 23.6 Å². The molecule has 1 aliphatic heterocycles. The summed E-state index contributed by atoms with van der Waals surface area (Å²) in [5.74, 6) is -1.54. The summed E-state index contributed by atoms with van der Waals surface area (Å²) in [5, 5.41) is 13.5. The van der Waals surface area contributed by atoms with E-state index in [1.54, 1.807) is 6.92 Å². The van der Waals surface area contributed by atoms with Gasteiger partial charge in [-0.05, 0) is 26.0 Å². The van der Waals surface area contributed by atoms with E-state index in [1.807, 2.05) is 0 Å². The fraction of sp³-hybridized carbons (Fsp3) is 0.400. The number of nitro groups is 1. The summed E-state index contributed by atoms with van der Waals surface area (Å²) >= 11 is 0. The Kier molecular flexibility index (Phi) is 5.52. The molecule has 1 aliphatic rings. The zero-order valence-corrected chi connectivity index (χ0v) is 13.7. The van der Waals surface area contributed by atoms with E-state index in [4.69, 9.17) is 9.47 Å². The molecule has 0 saturated carbocycles. The molecule has 1 fully saturated rings. The molecule has 25 heavy (non-hydrogen) atoms. The Morgan fingerprint density at radius 3 is 2.72 bits per heavy atom. The molecule has 134 valence electrons. The van der Waals surface area contributed by atoms with Crippen molar-refractivity contribution in [2.45, 2.75) is 20.0 Å². The first-order chi connectivity index (χ1) is 11.8. The maximum Gasteiger partial charge on any atom is 0.339 e. The Morgan fingerprint density at radius 2 is 2.16 bits per heavy atom. The van der Waals surface area contributed by atoms with Crippen LogP contribution in [0.25, 0.3) is 0 Å². The highest BCUT2D eigenvalue weighted by Crippen LogP contribution is 2.28. The molecule has 3 amide bonds. The lowest BCUT2D eigenvalue weighted by atomic mass is 10.2. The van der Waals surface area contributed by atoms with Crippen molar-refractivity contribution in [2.24, 2.45) is 0 Å². The predicted molar refractivity (Wildman–Crippen MR) is 84.3 cm³/mol. The number of benzene rings is 1. The van der Waals surface area contributed by atoms with Crippen LogP contribution in [0.5, 0.6) is 5.75 Å². The molecule has 0 spiro atoms. The van der Waals surface area contributed by atoms with E-state index in [9.17, 15) is 24.5 Å². The molecule has 2 rings (SSSR count). The van der Waals surface area contributed by atoms with Crippen LogP contribution in [0.1, 0.15) is 24.2 Å². The normalized spacial score (nSPS) is 14.6. The lowest BCUT2D eigenvalue weighted by Crippen LogP contribution is -2.41. The number of carbonyl (C=O) groups is 3. The zero-order valence-electron chi connectivity index (χ0n) is 13.7. The topological polar surface area (TPSA) is 128 Å². The maximum absolute atomic E-state index is 12.1. The molecule has 0 aliphatic carbocycles. The second kappa shape index (κ2) is 7.60. The Hall–Kier alpha value is -3.17. The third-order valence-electron chi connectivity index (χ3n) is 3.45. The van der Waals surface area contributed by atoms with Crippen molar-refractivity contribution in [1.82, 2.24) is 10.2 Å². The summed E-state index contributed by atoms with van der Waals surface area (Å²) in [6.45, 7) is 3.75. The molecule has 0 aromatic heterocycles. The molecule has 10 heteroatoms. The highest BCUT2D eigenvalue weighted by Gasteiger charge is 2.32. The molecule has 0 radical (unpaired) electrons. The molecule has 1 aromatic rings. The van der Waals surface area contributed by atoms with Crippen LogP contribution >= 0.6 is 0 Å². The summed E-state index contributed by atoms with van der Waals surface area (Å²) in [6, 6.07) is 3.07. The summed E-state index contributed by atoms with van der Waals surface area (Å²) < 4.78 is 10.2. The van der Waals surface area contributed by atoms with E-state index in [0.29, 0.717) is 6.54 Å². The Balaban J connectivity index is 2.12. The molecular formula is C15H17N3O7. The fourth-order valence-corrected chi connectivity index (χ4v) is 2.24. The number of amides is 3. The number of esters is 1. The molecule has 0 unspecified atom stereocenters. The van der Waals surface area contributed by atoms with Crippen LogP contribution < -0.4 is 10.1 Å². The van der Waals surface area contributed by atoms with Gasteiger partial charge in [0.05, 0.1) is 17.1 Å². The monoisotopic (exact) mass is 351 g/mol. The van der Waals surface area contributed by atoms with Crippen molar-refractivity contribution in [3.05, 3.63) is 33.9 Å². The lowest BCUT2D eigenvalue weighted by Gasteiger charge is -2.18. The number of urea groups is 1. The van der Waals surface area contributed by atoms with Crippen molar-refractivity contribution in [1.29, 1.82) is 0 Å². The van der Waals surface area contributed by atoms with E-state index in [1.165, 1.54) is 19.1 Å². The minimum absolute atomic E-state index is 0.0295. The first-order valence-electron chi connectivity index (χ1n) is 7.56. The van der Waals surface area contributed by atoms with Gasteiger partial charge in [-0.15, -0.1) is 0 Å². The summed E-state index contributed by atoms with van der Waals surface area (Å²) in [7, 11) is 0. The minimum Gasteiger partial charge on any atom is -0.487 e. The van der Waals surface area contributed by atoms with E-state index < -0.39 is 28.9 Å². The number of nitro benzene ring substituents is 1. The van der Waals surface area contributed by atoms with Crippen molar-refractivity contribution in [3.63, 3.8) is 0 Å². The number of carbonyl (C=O) groups excluding carboxylic acids is 3. The molecular weight excluding hydrogens is 334 g/mol. The average Bonchev–Trinajstić information content (AvgIpc) is 3.00. The van der Waals surface area contributed by atoms with Gasteiger partial charge in [0.25, 0.3) is 5.91 Å². The maximum atomic E-state index is 12.1.